The molecule has 150 valence electrons. The zero-order chi connectivity index (χ0) is 19.6. The quantitative estimate of drug-likeness (QED) is 0.607. The molecule has 0 radical (unpaired) electrons. The Kier molecular flexibility index (Phi) is 5.83. The van der Waals surface area contributed by atoms with Crippen molar-refractivity contribution in [1.29, 1.82) is 0 Å². The molecule has 5 N–H and O–H groups in total. The molecule has 2 heterocycles. The summed E-state index contributed by atoms with van der Waals surface area (Å²) in [6.45, 7) is 6.07. The fourth-order valence-electron chi connectivity index (χ4n) is 3.47. The van der Waals surface area contributed by atoms with Crippen molar-refractivity contribution >= 4 is 28.4 Å². The number of amides is 1. The molecule has 1 aromatic rings. The van der Waals surface area contributed by atoms with E-state index in [0.717, 1.165) is 19.4 Å². The lowest BCUT2D eigenvalue weighted by atomic mass is 9.98. The summed E-state index contributed by atoms with van der Waals surface area (Å²) < 4.78 is 31.8. The van der Waals surface area contributed by atoms with Crippen LogP contribution in [0.4, 0.5) is 5.69 Å². The van der Waals surface area contributed by atoms with E-state index >= 15 is 0 Å². The van der Waals surface area contributed by atoms with E-state index in [-0.39, 0.29) is 17.7 Å². The van der Waals surface area contributed by atoms with E-state index in [0.29, 0.717) is 42.5 Å². The largest absolute Gasteiger partial charge is 0.492 e. The number of hydrogen-bond donors (Lipinski definition) is 4. The molecular formula is C18H28N4O4S. The molecule has 0 spiro atoms. The number of benzene rings is 1. The van der Waals surface area contributed by atoms with Crippen LogP contribution in [0.3, 0.4) is 0 Å². The third-order valence-corrected chi connectivity index (χ3v) is 5.63. The summed E-state index contributed by atoms with van der Waals surface area (Å²) in [6.07, 6.45) is 2.55. The SMILES string of the molecule is CC(C)CC(=O)N1CCCC(COc2cccc3c2C(N)=NS(O)(O)N3)C1. The fourth-order valence-corrected chi connectivity index (χ4v) is 4.34. The Labute approximate surface area is 161 Å². The average molecular weight is 397 g/mol. The van der Waals surface area contributed by atoms with Crippen LogP contribution in [-0.4, -0.2) is 45.4 Å². The third kappa shape index (κ3) is 4.85. The van der Waals surface area contributed by atoms with Crippen molar-refractivity contribution in [2.24, 2.45) is 22.0 Å². The van der Waals surface area contributed by atoms with Crippen molar-refractivity contribution in [3.63, 3.8) is 0 Å². The van der Waals surface area contributed by atoms with E-state index in [4.69, 9.17) is 10.5 Å². The summed E-state index contributed by atoms with van der Waals surface area (Å²) in [5.74, 6) is 1.39. The number of carbonyl (C=O) groups excluding carboxylic acids is 1. The maximum Gasteiger partial charge on any atom is 0.222 e. The first kappa shape index (κ1) is 19.8. The van der Waals surface area contributed by atoms with Crippen molar-refractivity contribution in [1.82, 2.24) is 4.90 Å². The Hall–Kier alpha value is -1.97. The Morgan fingerprint density at radius 1 is 1.48 bits per heavy atom. The van der Waals surface area contributed by atoms with Gasteiger partial charge in [0.15, 0.2) is 5.84 Å². The highest BCUT2D eigenvalue weighted by Crippen LogP contribution is 2.46. The molecule has 9 heteroatoms. The summed E-state index contributed by atoms with van der Waals surface area (Å²) in [5, 5.41) is 0. The molecule has 1 amide bonds. The summed E-state index contributed by atoms with van der Waals surface area (Å²) in [6, 6.07) is 5.24. The minimum absolute atomic E-state index is 0.0386. The van der Waals surface area contributed by atoms with E-state index in [1.165, 1.54) is 0 Å². The zero-order valence-electron chi connectivity index (χ0n) is 15.7. The van der Waals surface area contributed by atoms with E-state index in [1.807, 2.05) is 4.90 Å². The Morgan fingerprint density at radius 2 is 2.26 bits per heavy atom. The van der Waals surface area contributed by atoms with Crippen LogP contribution in [0.25, 0.3) is 0 Å². The van der Waals surface area contributed by atoms with Crippen LogP contribution in [-0.2, 0) is 4.79 Å². The van der Waals surface area contributed by atoms with Gasteiger partial charge in [-0.3, -0.25) is 18.6 Å². The molecule has 0 saturated carbocycles. The number of fused-ring (bicyclic) bond motifs is 1. The highest BCUT2D eigenvalue weighted by Gasteiger charge is 2.27. The van der Waals surface area contributed by atoms with Crippen LogP contribution in [0.15, 0.2) is 22.6 Å². The van der Waals surface area contributed by atoms with Gasteiger partial charge in [0.05, 0.1) is 17.9 Å². The first-order chi connectivity index (χ1) is 12.7. The lowest BCUT2D eigenvalue weighted by molar-refractivity contribution is -0.134. The van der Waals surface area contributed by atoms with Gasteiger partial charge in [0.25, 0.3) is 0 Å². The number of amidine groups is 1. The second-order valence-electron chi connectivity index (χ2n) is 7.53. The smallest absolute Gasteiger partial charge is 0.222 e. The predicted octanol–water partition coefficient (Wildman–Crippen LogP) is 3.06. The molecule has 2 aliphatic heterocycles. The summed E-state index contributed by atoms with van der Waals surface area (Å²) >= 11 is 0. The first-order valence-electron chi connectivity index (χ1n) is 9.20. The molecule has 1 unspecified atom stereocenters. The molecule has 0 bridgehead atoms. The van der Waals surface area contributed by atoms with Gasteiger partial charge in [0.2, 0.25) is 5.91 Å². The van der Waals surface area contributed by atoms with Crippen molar-refractivity contribution < 1.29 is 18.6 Å². The molecule has 8 nitrogen and oxygen atoms in total. The van der Waals surface area contributed by atoms with E-state index in [2.05, 4.69) is 23.0 Å². The standard InChI is InChI=1S/C18H28N4O4S/c1-12(2)9-16(23)22-8-4-5-13(10-22)11-26-15-7-3-6-14-17(15)18(19)21-27(24,25)20-14/h3,6-7,12-13,20,24-25H,4-5,8-11H2,1-2H3,(H2,19,21). The summed E-state index contributed by atoms with van der Waals surface area (Å²) in [5.41, 5.74) is 6.94. The Morgan fingerprint density at radius 3 is 3.00 bits per heavy atom. The maximum absolute atomic E-state index is 12.3. The van der Waals surface area contributed by atoms with E-state index in [9.17, 15) is 13.9 Å². The van der Waals surface area contributed by atoms with Gasteiger partial charge in [-0.05, 0) is 41.9 Å². The molecule has 2 aliphatic rings. The normalized spacial score (nSPS) is 22.5. The molecule has 0 aliphatic carbocycles. The topological polar surface area (TPSA) is 120 Å². The van der Waals surface area contributed by atoms with Crippen LogP contribution in [0.5, 0.6) is 5.75 Å². The molecule has 1 fully saturated rings. The van der Waals surface area contributed by atoms with Crippen molar-refractivity contribution in [2.45, 2.75) is 33.1 Å². The third-order valence-electron chi connectivity index (χ3n) is 4.68. The number of ether oxygens (including phenoxy) is 1. The number of anilines is 1. The second-order valence-corrected chi connectivity index (χ2v) is 8.96. The maximum atomic E-state index is 12.3. The van der Waals surface area contributed by atoms with Crippen LogP contribution >= 0.6 is 11.0 Å². The molecule has 1 atom stereocenters. The lowest BCUT2D eigenvalue weighted by Crippen LogP contribution is -2.42. The van der Waals surface area contributed by atoms with Gasteiger partial charge < -0.3 is 15.4 Å². The molecule has 27 heavy (non-hydrogen) atoms. The number of nitrogens with zero attached hydrogens (tertiary/aromatic N) is 2. The zero-order valence-corrected chi connectivity index (χ0v) is 16.5. The number of rotatable bonds is 5. The molecule has 0 aromatic heterocycles. The van der Waals surface area contributed by atoms with Crippen molar-refractivity contribution in [3.05, 3.63) is 23.8 Å². The summed E-state index contributed by atoms with van der Waals surface area (Å²) in [4.78, 5) is 14.3. The number of nitrogens with two attached hydrogens (primary N) is 1. The van der Waals surface area contributed by atoms with Crippen LogP contribution in [0.2, 0.25) is 0 Å². The Balaban J connectivity index is 1.65. The van der Waals surface area contributed by atoms with Gasteiger partial charge in [-0.2, -0.15) is 0 Å². The molecule has 3 rings (SSSR count). The van der Waals surface area contributed by atoms with E-state index < -0.39 is 11.0 Å². The molecule has 1 saturated heterocycles. The number of likely N-dealkylation sites (tertiary alicyclic amines) is 1. The number of piperidine rings is 1. The Bertz CT molecular complexity index is 738. The van der Waals surface area contributed by atoms with Crippen LogP contribution in [0.1, 0.15) is 38.7 Å². The van der Waals surface area contributed by atoms with E-state index in [1.54, 1.807) is 18.2 Å². The van der Waals surface area contributed by atoms with Gasteiger partial charge >= 0.3 is 0 Å². The lowest BCUT2D eigenvalue weighted by Gasteiger charge is -2.35. The van der Waals surface area contributed by atoms with Crippen molar-refractivity contribution in [2.75, 3.05) is 24.4 Å². The molecular weight excluding hydrogens is 368 g/mol. The monoisotopic (exact) mass is 396 g/mol. The minimum Gasteiger partial charge on any atom is -0.492 e. The van der Waals surface area contributed by atoms with Gasteiger partial charge in [-0.1, -0.05) is 19.9 Å². The number of hydrogen-bond acceptors (Lipinski definition) is 7. The summed E-state index contributed by atoms with van der Waals surface area (Å²) in [7, 11) is -3.31. The fraction of sp³-hybridized carbons (Fsp3) is 0.556. The van der Waals surface area contributed by atoms with Gasteiger partial charge in [-0.25, -0.2) is 0 Å². The highest BCUT2D eigenvalue weighted by molar-refractivity contribution is 8.24. The second kappa shape index (κ2) is 7.95. The van der Waals surface area contributed by atoms with Gasteiger partial charge in [-0.15, -0.1) is 4.40 Å². The number of carbonyl (C=O) groups is 1. The van der Waals surface area contributed by atoms with Crippen LogP contribution in [0, 0.1) is 11.8 Å². The predicted molar refractivity (Wildman–Crippen MR) is 108 cm³/mol. The van der Waals surface area contributed by atoms with Crippen LogP contribution < -0.4 is 15.2 Å². The number of nitrogens with one attached hydrogen (secondary N) is 1. The van der Waals surface area contributed by atoms with Crippen molar-refractivity contribution in [3.8, 4) is 5.75 Å². The molecule has 1 aromatic carbocycles. The van der Waals surface area contributed by atoms with Gasteiger partial charge in [0.1, 0.15) is 5.75 Å². The first-order valence-corrected chi connectivity index (χ1v) is 10.7. The minimum atomic E-state index is -3.31. The highest BCUT2D eigenvalue weighted by atomic mass is 32.3. The average Bonchev–Trinajstić information content (AvgIpc) is 2.58. The van der Waals surface area contributed by atoms with Gasteiger partial charge in [0, 0.05) is 25.4 Å².